The average Bonchev–Trinajstić information content (AvgIpc) is 2.70. The van der Waals surface area contributed by atoms with Crippen molar-refractivity contribution in [2.75, 3.05) is 20.3 Å². The van der Waals surface area contributed by atoms with Crippen molar-refractivity contribution in [3.63, 3.8) is 0 Å². The van der Waals surface area contributed by atoms with Crippen LogP contribution in [-0.2, 0) is 11.3 Å². The molecule has 0 saturated carbocycles. The van der Waals surface area contributed by atoms with Crippen LogP contribution in [0.2, 0.25) is 0 Å². The van der Waals surface area contributed by atoms with Crippen molar-refractivity contribution in [2.24, 2.45) is 0 Å². The van der Waals surface area contributed by atoms with Crippen molar-refractivity contribution in [1.82, 2.24) is 9.88 Å². The van der Waals surface area contributed by atoms with Gasteiger partial charge >= 0.3 is 0 Å². The summed E-state index contributed by atoms with van der Waals surface area (Å²) in [6, 6.07) is 1.39. The van der Waals surface area contributed by atoms with E-state index in [1.54, 1.807) is 6.07 Å². The molecule has 1 unspecified atom stereocenters. The molecule has 0 saturated heterocycles. The second kappa shape index (κ2) is 7.56. The molecule has 1 atom stereocenters. The highest BCUT2D eigenvalue weighted by Crippen LogP contribution is 2.15. The Balaban J connectivity index is 2.76. The van der Waals surface area contributed by atoms with Gasteiger partial charge in [-0.25, -0.2) is 0 Å². The largest absolute Gasteiger partial charge is 0.394 e. The van der Waals surface area contributed by atoms with Crippen molar-refractivity contribution in [1.29, 1.82) is 0 Å². The first-order valence-corrected chi connectivity index (χ1v) is 6.68. The Bertz CT molecular complexity index is 393. The smallest absolute Gasteiger partial charge is 0.268 e. The number of ether oxygens (including phenoxy) is 1. The molecule has 2 N–H and O–H groups in total. The molecule has 0 bridgehead atoms. The van der Waals surface area contributed by atoms with Crippen LogP contribution in [0.3, 0.4) is 0 Å². The summed E-state index contributed by atoms with van der Waals surface area (Å²) in [5, 5.41) is 11.9. The van der Waals surface area contributed by atoms with Gasteiger partial charge in [0.25, 0.3) is 5.91 Å². The Morgan fingerprint density at radius 1 is 1.67 bits per heavy atom. The Labute approximate surface area is 115 Å². The predicted octanol–water partition coefficient (Wildman–Crippen LogP) is 1.40. The summed E-state index contributed by atoms with van der Waals surface area (Å²) in [5.41, 5.74) is 0.582. The molecule has 0 spiro atoms. The number of nitrogens with one attached hydrogen (secondary N) is 1. The van der Waals surface area contributed by atoms with Crippen LogP contribution in [-0.4, -0.2) is 41.9 Å². The lowest BCUT2D eigenvalue weighted by molar-refractivity contribution is 0.0831. The van der Waals surface area contributed by atoms with Crippen LogP contribution in [0.15, 0.2) is 16.7 Å². The molecular weight excluding hydrogens is 300 g/mol. The number of methoxy groups -OCH3 is 1. The van der Waals surface area contributed by atoms with Gasteiger partial charge in [-0.15, -0.1) is 0 Å². The van der Waals surface area contributed by atoms with Gasteiger partial charge in [-0.1, -0.05) is 6.92 Å². The summed E-state index contributed by atoms with van der Waals surface area (Å²) < 4.78 is 7.68. The third-order valence-corrected chi connectivity index (χ3v) is 2.92. The molecule has 6 heteroatoms. The van der Waals surface area contributed by atoms with Crippen LogP contribution < -0.4 is 5.32 Å². The van der Waals surface area contributed by atoms with E-state index in [2.05, 4.69) is 28.2 Å². The van der Waals surface area contributed by atoms with Crippen molar-refractivity contribution in [3.8, 4) is 0 Å². The molecule has 1 rings (SSSR count). The first kappa shape index (κ1) is 15.2. The molecule has 18 heavy (non-hydrogen) atoms. The lowest BCUT2D eigenvalue weighted by Crippen LogP contribution is -2.41. The highest BCUT2D eigenvalue weighted by atomic mass is 79.9. The molecule has 1 aromatic heterocycles. The van der Waals surface area contributed by atoms with Crippen LogP contribution in [0.25, 0.3) is 0 Å². The highest BCUT2D eigenvalue weighted by molar-refractivity contribution is 9.10. The molecule has 5 nitrogen and oxygen atoms in total. The fraction of sp³-hybridized carbons (Fsp3) is 0.583. The monoisotopic (exact) mass is 318 g/mol. The number of hydrogen-bond donors (Lipinski definition) is 2. The van der Waals surface area contributed by atoms with Gasteiger partial charge in [0.05, 0.1) is 19.3 Å². The Morgan fingerprint density at radius 2 is 2.39 bits per heavy atom. The summed E-state index contributed by atoms with van der Waals surface area (Å²) >= 11 is 3.36. The molecule has 0 aliphatic heterocycles. The predicted molar refractivity (Wildman–Crippen MR) is 72.6 cm³/mol. The standard InChI is InChI=1S/C12H19BrN2O3/c1-3-4-15-6-9(13)5-11(15)12(17)14-10(7-16)8-18-2/h5-6,10,16H,3-4,7-8H2,1-2H3,(H,14,17). The van der Waals surface area contributed by atoms with Gasteiger partial charge in [-0.2, -0.15) is 0 Å². The number of hydrogen-bond acceptors (Lipinski definition) is 3. The number of aryl methyl sites for hydroxylation is 1. The van der Waals surface area contributed by atoms with E-state index < -0.39 is 0 Å². The number of aliphatic hydroxyl groups excluding tert-OH is 1. The summed E-state index contributed by atoms with van der Waals surface area (Å²) in [7, 11) is 1.53. The fourth-order valence-electron chi connectivity index (χ4n) is 1.69. The molecule has 1 aromatic rings. The number of aromatic nitrogens is 1. The summed E-state index contributed by atoms with van der Waals surface area (Å²) in [5.74, 6) is -0.203. The lowest BCUT2D eigenvalue weighted by atomic mass is 10.3. The number of carbonyl (C=O) groups excluding carboxylic acids is 1. The third-order valence-electron chi connectivity index (χ3n) is 2.48. The topological polar surface area (TPSA) is 63.5 Å². The van der Waals surface area contributed by atoms with Crippen molar-refractivity contribution < 1.29 is 14.6 Å². The van der Waals surface area contributed by atoms with E-state index in [-0.39, 0.29) is 25.2 Å². The van der Waals surface area contributed by atoms with E-state index in [0.717, 1.165) is 17.4 Å². The molecule has 0 fully saturated rings. The van der Waals surface area contributed by atoms with Crippen molar-refractivity contribution in [3.05, 3.63) is 22.4 Å². The number of aliphatic hydroxyl groups is 1. The van der Waals surface area contributed by atoms with Gasteiger partial charge in [0.2, 0.25) is 0 Å². The fourth-order valence-corrected chi connectivity index (χ4v) is 2.16. The van der Waals surface area contributed by atoms with E-state index in [0.29, 0.717) is 5.69 Å². The Morgan fingerprint density at radius 3 is 2.94 bits per heavy atom. The number of amides is 1. The summed E-state index contributed by atoms with van der Waals surface area (Å²) in [4.78, 5) is 12.1. The SMILES string of the molecule is CCCn1cc(Br)cc1C(=O)NC(CO)COC. The number of carbonyl (C=O) groups is 1. The normalized spacial score (nSPS) is 12.4. The van der Waals surface area contributed by atoms with E-state index in [4.69, 9.17) is 9.84 Å². The van der Waals surface area contributed by atoms with Crippen molar-refractivity contribution >= 4 is 21.8 Å². The Hall–Kier alpha value is -0.850. The van der Waals surface area contributed by atoms with Crippen molar-refractivity contribution in [2.45, 2.75) is 25.9 Å². The van der Waals surface area contributed by atoms with Gasteiger partial charge in [0, 0.05) is 24.3 Å². The third kappa shape index (κ3) is 4.12. The lowest BCUT2D eigenvalue weighted by Gasteiger charge is -2.16. The molecule has 102 valence electrons. The first-order chi connectivity index (χ1) is 8.62. The average molecular weight is 319 g/mol. The quantitative estimate of drug-likeness (QED) is 0.798. The van der Waals surface area contributed by atoms with Gasteiger partial charge < -0.3 is 19.7 Å². The molecule has 0 aromatic carbocycles. The van der Waals surface area contributed by atoms with Gasteiger partial charge in [0.1, 0.15) is 5.69 Å². The van der Waals surface area contributed by atoms with E-state index in [1.165, 1.54) is 7.11 Å². The van der Waals surface area contributed by atoms with E-state index in [1.807, 2.05) is 10.8 Å². The second-order valence-corrected chi connectivity index (χ2v) is 4.96. The van der Waals surface area contributed by atoms with Gasteiger partial charge in [-0.3, -0.25) is 4.79 Å². The minimum atomic E-state index is -0.383. The number of halogens is 1. The zero-order valence-corrected chi connectivity index (χ0v) is 12.2. The number of rotatable bonds is 7. The minimum Gasteiger partial charge on any atom is -0.394 e. The molecular formula is C12H19BrN2O3. The maximum absolute atomic E-state index is 12.1. The van der Waals surface area contributed by atoms with Gasteiger partial charge in [0.15, 0.2) is 0 Å². The van der Waals surface area contributed by atoms with Crippen LogP contribution in [0, 0.1) is 0 Å². The maximum Gasteiger partial charge on any atom is 0.268 e. The summed E-state index contributed by atoms with van der Waals surface area (Å²) in [6.07, 6.45) is 2.82. The van der Waals surface area contributed by atoms with Crippen LogP contribution in [0.5, 0.6) is 0 Å². The molecule has 0 aliphatic rings. The molecule has 1 amide bonds. The molecule has 1 heterocycles. The maximum atomic E-state index is 12.1. The molecule has 0 radical (unpaired) electrons. The van der Waals surface area contributed by atoms with Gasteiger partial charge in [-0.05, 0) is 28.4 Å². The minimum absolute atomic E-state index is 0.144. The van der Waals surface area contributed by atoms with E-state index in [9.17, 15) is 4.79 Å². The van der Waals surface area contributed by atoms with Crippen LogP contribution >= 0.6 is 15.9 Å². The molecule has 0 aliphatic carbocycles. The highest BCUT2D eigenvalue weighted by Gasteiger charge is 2.16. The zero-order chi connectivity index (χ0) is 13.5. The number of nitrogens with zero attached hydrogens (tertiary/aromatic N) is 1. The van der Waals surface area contributed by atoms with Crippen LogP contribution in [0.4, 0.5) is 0 Å². The zero-order valence-electron chi connectivity index (χ0n) is 10.6. The van der Waals surface area contributed by atoms with E-state index >= 15 is 0 Å². The summed E-state index contributed by atoms with van der Waals surface area (Å²) in [6.45, 7) is 2.98. The first-order valence-electron chi connectivity index (χ1n) is 5.88. The Kier molecular flexibility index (Phi) is 6.38. The van der Waals surface area contributed by atoms with Crippen LogP contribution in [0.1, 0.15) is 23.8 Å². The second-order valence-electron chi connectivity index (χ2n) is 4.05.